The van der Waals surface area contributed by atoms with Gasteiger partial charge in [0.2, 0.25) is 0 Å². The summed E-state index contributed by atoms with van der Waals surface area (Å²) >= 11 is 7.52. The molecule has 0 aromatic carbocycles. The van der Waals surface area contributed by atoms with Gasteiger partial charge in [0.1, 0.15) is 0 Å². The van der Waals surface area contributed by atoms with Crippen molar-refractivity contribution in [1.29, 1.82) is 0 Å². The lowest BCUT2D eigenvalue weighted by Crippen LogP contribution is -1.85. The van der Waals surface area contributed by atoms with E-state index in [2.05, 4.69) is 6.92 Å². The average Bonchev–Trinajstić information content (AvgIpc) is 2.03. The third-order valence-corrected chi connectivity index (χ3v) is 3.10. The first kappa shape index (κ1) is 11.6. The second-order valence-electron chi connectivity index (χ2n) is 2.72. The highest BCUT2D eigenvalue weighted by atomic mass is 35.5. The lowest BCUT2D eigenvalue weighted by Gasteiger charge is -1.98. The first-order chi connectivity index (χ1) is 5.41. The van der Waals surface area contributed by atoms with Crippen LogP contribution < -0.4 is 0 Å². The zero-order valence-electron chi connectivity index (χ0n) is 7.44. The molecule has 0 rings (SSSR count). The van der Waals surface area contributed by atoms with Crippen molar-refractivity contribution in [2.75, 3.05) is 17.4 Å². The highest BCUT2D eigenvalue weighted by Gasteiger charge is 1.89. The fourth-order valence-electron chi connectivity index (χ4n) is 0.964. The van der Waals surface area contributed by atoms with Gasteiger partial charge in [0.15, 0.2) is 0 Å². The third kappa shape index (κ3) is 10.6. The Kier molecular flexibility index (Phi) is 11.3. The molecule has 0 fully saturated rings. The van der Waals surface area contributed by atoms with Crippen LogP contribution >= 0.6 is 23.4 Å². The van der Waals surface area contributed by atoms with Crippen LogP contribution in [0.3, 0.4) is 0 Å². The Bertz CT molecular complexity index is 58.6. The van der Waals surface area contributed by atoms with E-state index >= 15 is 0 Å². The predicted molar refractivity (Wildman–Crippen MR) is 56.8 cm³/mol. The van der Waals surface area contributed by atoms with Gasteiger partial charge in [-0.25, -0.2) is 0 Å². The number of halogens is 1. The van der Waals surface area contributed by atoms with Gasteiger partial charge in [-0.05, 0) is 12.2 Å². The van der Waals surface area contributed by atoms with Gasteiger partial charge in [-0.15, -0.1) is 11.6 Å². The molecule has 0 heterocycles. The molecule has 0 radical (unpaired) electrons. The molecule has 2 heteroatoms. The maximum absolute atomic E-state index is 5.54. The zero-order valence-corrected chi connectivity index (χ0v) is 9.02. The van der Waals surface area contributed by atoms with Gasteiger partial charge in [0, 0.05) is 11.6 Å². The standard InChI is InChI=1S/C9H19ClS/c1-2-3-4-5-6-8-11-9-7-10/h2-9H2,1H3. The summed E-state index contributed by atoms with van der Waals surface area (Å²) in [6.07, 6.45) is 6.94. The molecule has 0 nitrogen and oxygen atoms in total. The first-order valence-electron chi connectivity index (χ1n) is 4.55. The minimum atomic E-state index is 0.805. The fraction of sp³-hybridized carbons (Fsp3) is 1.00. The zero-order chi connectivity index (χ0) is 8.36. The normalized spacial score (nSPS) is 10.4. The van der Waals surface area contributed by atoms with Gasteiger partial charge in [0.25, 0.3) is 0 Å². The quantitative estimate of drug-likeness (QED) is 0.417. The molecule has 0 spiro atoms. The summed E-state index contributed by atoms with van der Waals surface area (Å²) < 4.78 is 0. The molecule has 0 atom stereocenters. The summed E-state index contributed by atoms with van der Waals surface area (Å²) in [7, 11) is 0. The van der Waals surface area contributed by atoms with E-state index < -0.39 is 0 Å². The average molecular weight is 195 g/mol. The van der Waals surface area contributed by atoms with Gasteiger partial charge in [-0.3, -0.25) is 0 Å². The van der Waals surface area contributed by atoms with Crippen molar-refractivity contribution in [3.8, 4) is 0 Å². The summed E-state index contributed by atoms with van der Waals surface area (Å²) in [5.74, 6) is 3.23. The summed E-state index contributed by atoms with van der Waals surface area (Å²) in [6.45, 7) is 2.25. The lowest BCUT2D eigenvalue weighted by molar-refractivity contribution is 0.659. The second kappa shape index (κ2) is 10.6. The van der Waals surface area contributed by atoms with Crippen LogP contribution in [0, 0.1) is 0 Å². The number of thioether (sulfide) groups is 1. The van der Waals surface area contributed by atoms with Crippen LogP contribution in [-0.4, -0.2) is 17.4 Å². The van der Waals surface area contributed by atoms with Crippen LogP contribution in [0.25, 0.3) is 0 Å². The summed E-state index contributed by atoms with van der Waals surface area (Å²) in [5.41, 5.74) is 0. The van der Waals surface area contributed by atoms with Crippen molar-refractivity contribution >= 4 is 23.4 Å². The minimum Gasteiger partial charge on any atom is -0.161 e. The molecular weight excluding hydrogens is 176 g/mol. The number of hydrogen-bond acceptors (Lipinski definition) is 1. The molecule has 68 valence electrons. The monoisotopic (exact) mass is 194 g/mol. The highest BCUT2D eigenvalue weighted by Crippen LogP contribution is 2.08. The number of rotatable bonds is 8. The van der Waals surface area contributed by atoms with E-state index in [0.717, 1.165) is 11.6 Å². The molecule has 0 N–H and O–H groups in total. The van der Waals surface area contributed by atoms with Gasteiger partial charge in [-0.1, -0.05) is 32.6 Å². The van der Waals surface area contributed by atoms with Crippen molar-refractivity contribution in [3.05, 3.63) is 0 Å². The Labute approximate surface area is 80.1 Å². The van der Waals surface area contributed by atoms with E-state index in [1.54, 1.807) is 0 Å². The number of hydrogen-bond donors (Lipinski definition) is 0. The molecule has 0 aromatic heterocycles. The van der Waals surface area contributed by atoms with E-state index in [9.17, 15) is 0 Å². The van der Waals surface area contributed by atoms with E-state index in [4.69, 9.17) is 11.6 Å². The molecular formula is C9H19ClS. The smallest absolute Gasteiger partial charge is 0.0314 e. The molecule has 0 saturated carbocycles. The second-order valence-corrected chi connectivity index (χ2v) is 4.32. The predicted octanol–water partition coefficient (Wildman–Crippen LogP) is 3.93. The largest absolute Gasteiger partial charge is 0.161 e. The topological polar surface area (TPSA) is 0 Å². The van der Waals surface area contributed by atoms with Crippen molar-refractivity contribution in [2.45, 2.75) is 39.0 Å². The Morgan fingerprint density at radius 2 is 1.73 bits per heavy atom. The van der Waals surface area contributed by atoms with Crippen molar-refractivity contribution in [2.24, 2.45) is 0 Å². The Hall–Kier alpha value is 0.640. The molecule has 0 bridgehead atoms. The van der Waals surface area contributed by atoms with E-state index in [-0.39, 0.29) is 0 Å². The first-order valence-corrected chi connectivity index (χ1v) is 6.24. The fourth-order valence-corrected chi connectivity index (χ4v) is 2.01. The molecule has 0 unspecified atom stereocenters. The van der Waals surface area contributed by atoms with Gasteiger partial charge in [-0.2, -0.15) is 11.8 Å². The third-order valence-electron chi connectivity index (χ3n) is 1.61. The molecule has 11 heavy (non-hydrogen) atoms. The van der Waals surface area contributed by atoms with E-state index in [1.165, 1.54) is 37.9 Å². The van der Waals surface area contributed by atoms with Gasteiger partial charge >= 0.3 is 0 Å². The molecule has 0 amide bonds. The minimum absolute atomic E-state index is 0.805. The molecule has 0 aliphatic heterocycles. The SMILES string of the molecule is CCCCCCCSCCCl. The maximum Gasteiger partial charge on any atom is 0.0314 e. The molecule has 0 aromatic rings. The highest BCUT2D eigenvalue weighted by molar-refractivity contribution is 7.99. The van der Waals surface area contributed by atoms with Crippen molar-refractivity contribution < 1.29 is 0 Å². The van der Waals surface area contributed by atoms with Crippen molar-refractivity contribution in [3.63, 3.8) is 0 Å². The van der Waals surface area contributed by atoms with Crippen LogP contribution in [-0.2, 0) is 0 Å². The summed E-state index contributed by atoms with van der Waals surface area (Å²) in [4.78, 5) is 0. The molecule has 0 aliphatic carbocycles. The summed E-state index contributed by atoms with van der Waals surface area (Å²) in [6, 6.07) is 0. The van der Waals surface area contributed by atoms with Crippen LogP contribution in [0.5, 0.6) is 0 Å². The van der Waals surface area contributed by atoms with Crippen LogP contribution in [0.2, 0.25) is 0 Å². The summed E-state index contributed by atoms with van der Waals surface area (Å²) in [5, 5.41) is 0. The number of unbranched alkanes of at least 4 members (excludes halogenated alkanes) is 4. The number of alkyl halides is 1. The van der Waals surface area contributed by atoms with Gasteiger partial charge < -0.3 is 0 Å². The lowest BCUT2D eigenvalue weighted by atomic mass is 10.2. The van der Waals surface area contributed by atoms with Crippen molar-refractivity contribution in [1.82, 2.24) is 0 Å². The van der Waals surface area contributed by atoms with Crippen LogP contribution in [0.4, 0.5) is 0 Å². The van der Waals surface area contributed by atoms with Crippen LogP contribution in [0.15, 0.2) is 0 Å². The van der Waals surface area contributed by atoms with E-state index in [0.29, 0.717) is 0 Å². The molecule has 0 aliphatic rings. The van der Waals surface area contributed by atoms with Crippen LogP contribution in [0.1, 0.15) is 39.0 Å². The Balaban J connectivity index is 2.69. The van der Waals surface area contributed by atoms with Gasteiger partial charge in [0.05, 0.1) is 0 Å². The molecule has 0 saturated heterocycles. The Morgan fingerprint density at radius 1 is 1.00 bits per heavy atom. The maximum atomic E-state index is 5.54. The van der Waals surface area contributed by atoms with E-state index in [1.807, 2.05) is 11.8 Å². The Morgan fingerprint density at radius 3 is 2.36 bits per heavy atom.